The van der Waals surface area contributed by atoms with Crippen molar-refractivity contribution in [2.24, 2.45) is 0 Å². The van der Waals surface area contributed by atoms with E-state index >= 15 is 0 Å². The number of benzene rings is 1. The number of hydrogen-bond donors (Lipinski definition) is 1. The summed E-state index contributed by atoms with van der Waals surface area (Å²) in [5, 5.41) is 2.35. The van der Waals surface area contributed by atoms with Crippen LogP contribution in [0.2, 0.25) is 5.02 Å². The van der Waals surface area contributed by atoms with Crippen LogP contribution in [0.1, 0.15) is 27.4 Å². The Bertz CT molecular complexity index is 770. The highest BCUT2D eigenvalue weighted by atomic mass is 35.5. The number of furan rings is 1. The number of nitrogens with one attached hydrogen (secondary N) is 1. The topological polar surface area (TPSA) is 68.5 Å². The zero-order chi connectivity index (χ0) is 17.1. The molecular formula is C16H15ClFNO4. The molecule has 0 spiro atoms. The molecule has 122 valence electrons. The zero-order valence-electron chi connectivity index (χ0n) is 12.8. The summed E-state index contributed by atoms with van der Waals surface area (Å²) in [5.74, 6) is -0.714. The van der Waals surface area contributed by atoms with Gasteiger partial charge in [0.2, 0.25) is 0 Å². The summed E-state index contributed by atoms with van der Waals surface area (Å²) in [5.41, 5.74) is 1.31. The maximum absolute atomic E-state index is 13.0. The molecule has 1 aromatic carbocycles. The van der Waals surface area contributed by atoms with Crippen molar-refractivity contribution in [3.8, 4) is 0 Å². The Morgan fingerprint density at radius 1 is 1.26 bits per heavy atom. The molecule has 0 aliphatic heterocycles. The fourth-order valence-electron chi connectivity index (χ4n) is 2.07. The highest BCUT2D eigenvalue weighted by Gasteiger charge is 2.20. The number of esters is 1. The standard InChI is InChI=1S/C16H15ClFNO4/c1-8-9(2)23-10(3)15(8)16(21)22-7-14(20)19-11-4-5-13(18)12(17)6-11/h4-6H,7H2,1-3H3,(H,19,20). The molecule has 1 aromatic heterocycles. The minimum atomic E-state index is -0.635. The summed E-state index contributed by atoms with van der Waals surface area (Å²) in [6, 6.07) is 3.75. The van der Waals surface area contributed by atoms with Crippen LogP contribution in [-0.4, -0.2) is 18.5 Å². The van der Waals surface area contributed by atoms with Crippen molar-refractivity contribution in [2.45, 2.75) is 20.8 Å². The van der Waals surface area contributed by atoms with Gasteiger partial charge in [0.05, 0.1) is 5.02 Å². The maximum atomic E-state index is 13.0. The van der Waals surface area contributed by atoms with E-state index in [1.54, 1.807) is 20.8 Å². The van der Waals surface area contributed by atoms with E-state index in [4.69, 9.17) is 20.8 Å². The maximum Gasteiger partial charge on any atom is 0.342 e. The highest BCUT2D eigenvalue weighted by molar-refractivity contribution is 6.31. The predicted molar refractivity (Wildman–Crippen MR) is 83.2 cm³/mol. The number of aryl methyl sites for hydroxylation is 2. The predicted octanol–water partition coefficient (Wildman–Crippen LogP) is 3.79. The van der Waals surface area contributed by atoms with Gasteiger partial charge in [0.25, 0.3) is 5.91 Å². The van der Waals surface area contributed by atoms with Crippen molar-refractivity contribution in [3.63, 3.8) is 0 Å². The minimum Gasteiger partial charge on any atom is -0.465 e. The van der Waals surface area contributed by atoms with E-state index in [2.05, 4.69) is 5.32 Å². The first-order valence-corrected chi connectivity index (χ1v) is 7.16. The van der Waals surface area contributed by atoms with Crippen molar-refractivity contribution >= 4 is 29.2 Å². The number of rotatable bonds is 4. The van der Waals surface area contributed by atoms with Crippen LogP contribution in [-0.2, 0) is 9.53 Å². The third kappa shape index (κ3) is 3.90. The molecule has 1 N–H and O–H groups in total. The number of amides is 1. The van der Waals surface area contributed by atoms with Gasteiger partial charge in [0.1, 0.15) is 22.9 Å². The lowest BCUT2D eigenvalue weighted by molar-refractivity contribution is -0.119. The van der Waals surface area contributed by atoms with Crippen LogP contribution in [0, 0.1) is 26.6 Å². The minimum absolute atomic E-state index is 0.111. The van der Waals surface area contributed by atoms with E-state index in [0.29, 0.717) is 28.3 Å². The number of carbonyl (C=O) groups is 2. The first kappa shape index (κ1) is 17.0. The van der Waals surface area contributed by atoms with E-state index in [9.17, 15) is 14.0 Å². The van der Waals surface area contributed by atoms with E-state index in [0.717, 1.165) is 6.07 Å². The molecule has 0 fully saturated rings. The molecule has 0 unspecified atom stereocenters. The number of carbonyl (C=O) groups excluding carboxylic acids is 2. The van der Waals surface area contributed by atoms with Gasteiger partial charge in [-0.05, 0) is 39.0 Å². The lowest BCUT2D eigenvalue weighted by Gasteiger charge is -2.07. The summed E-state index contributed by atoms with van der Waals surface area (Å²) >= 11 is 5.62. The summed E-state index contributed by atoms with van der Waals surface area (Å²) in [6.07, 6.45) is 0. The van der Waals surface area contributed by atoms with Crippen LogP contribution in [0.5, 0.6) is 0 Å². The van der Waals surface area contributed by atoms with Crippen LogP contribution >= 0.6 is 11.6 Å². The molecule has 23 heavy (non-hydrogen) atoms. The van der Waals surface area contributed by atoms with Gasteiger partial charge in [-0.3, -0.25) is 4.79 Å². The van der Waals surface area contributed by atoms with Crippen LogP contribution in [0.3, 0.4) is 0 Å². The molecule has 1 heterocycles. The highest BCUT2D eigenvalue weighted by Crippen LogP contribution is 2.22. The molecule has 0 aliphatic rings. The molecule has 0 aliphatic carbocycles. The quantitative estimate of drug-likeness (QED) is 0.860. The molecule has 5 nitrogen and oxygen atoms in total. The van der Waals surface area contributed by atoms with Crippen LogP contribution < -0.4 is 5.32 Å². The fraction of sp³-hybridized carbons (Fsp3) is 0.250. The average molecular weight is 340 g/mol. The number of halogens is 2. The van der Waals surface area contributed by atoms with Crippen molar-refractivity contribution in [1.29, 1.82) is 0 Å². The molecule has 2 rings (SSSR count). The van der Waals surface area contributed by atoms with Crippen molar-refractivity contribution in [3.05, 3.63) is 51.7 Å². The molecule has 0 saturated carbocycles. The number of hydrogen-bond acceptors (Lipinski definition) is 4. The lowest BCUT2D eigenvalue weighted by Crippen LogP contribution is -2.21. The van der Waals surface area contributed by atoms with Gasteiger partial charge in [0, 0.05) is 11.3 Å². The molecule has 0 bridgehead atoms. The van der Waals surface area contributed by atoms with Gasteiger partial charge in [-0.15, -0.1) is 0 Å². The third-order valence-electron chi connectivity index (χ3n) is 3.30. The Labute approximate surface area is 137 Å². The second kappa shape index (κ2) is 6.83. The third-order valence-corrected chi connectivity index (χ3v) is 3.59. The zero-order valence-corrected chi connectivity index (χ0v) is 13.6. The van der Waals surface area contributed by atoms with E-state index in [1.807, 2.05) is 0 Å². The average Bonchev–Trinajstić information content (AvgIpc) is 2.73. The van der Waals surface area contributed by atoms with Gasteiger partial charge in [-0.25, -0.2) is 9.18 Å². The van der Waals surface area contributed by atoms with E-state index < -0.39 is 24.3 Å². The SMILES string of the molecule is Cc1oc(C)c(C(=O)OCC(=O)Nc2ccc(F)c(Cl)c2)c1C. The van der Waals surface area contributed by atoms with Crippen LogP contribution in [0.25, 0.3) is 0 Å². The fourth-order valence-corrected chi connectivity index (χ4v) is 2.25. The van der Waals surface area contributed by atoms with Gasteiger partial charge in [-0.1, -0.05) is 11.6 Å². The lowest BCUT2D eigenvalue weighted by atomic mass is 10.1. The molecule has 2 aromatic rings. The first-order valence-electron chi connectivity index (χ1n) is 6.78. The van der Waals surface area contributed by atoms with E-state index in [1.165, 1.54) is 12.1 Å². The largest absolute Gasteiger partial charge is 0.465 e. The summed E-state index contributed by atoms with van der Waals surface area (Å²) in [7, 11) is 0. The summed E-state index contributed by atoms with van der Waals surface area (Å²) < 4.78 is 23.3. The number of anilines is 1. The molecule has 0 radical (unpaired) electrons. The second-order valence-corrected chi connectivity index (χ2v) is 5.37. The van der Waals surface area contributed by atoms with Crippen LogP contribution in [0.15, 0.2) is 22.6 Å². The monoisotopic (exact) mass is 339 g/mol. The van der Waals surface area contributed by atoms with E-state index in [-0.39, 0.29) is 5.02 Å². The normalized spacial score (nSPS) is 10.5. The Balaban J connectivity index is 1.96. The van der Waals surface area contributed by atoms with Gasteiger partial charge >= 0.3 is 5.97 Å². The van der Waals surface area contributed by atoms with Crippen molar-refractivity contribution in [1.82, 2.24) is 0 Å². The van der Waals surface area contributed by atoms with Crippen molar-refractivity contribution < 1.29 is 23.1 Å². The molecule has 7 heteroatoms. The molecular weight excluding hydrogens is 325 g/mol. The molecule has 1 amide bonds. The van der Waals surface area contributed by atoms with Gasteiger partial charge in [0.15, 0.2) is 6.61 Å². The Morgan fingerprint density at radius 3 is 2.52 bits per heavy atom. The molecule has 0 saturated heterocycles. The Morgan fingerprint density at radius 2 is 1.96 bits per heavy atom. The smallest absolute Gasteiger partial charge is 0.342 e. The second-order valence-electron chi connectivity index (χ2n) is 4.97. The number of ether oxygens (including phenoxy) is 1. The van der Waals surface area contributed by atoms with Crippen molar-refractivity contribution in [2.75, 3.05) is 11.9 Å². The Kier molecular flexibility index (Phi) is 5.05. The van der Waals surface area contributed by atoms with Crippen LogP contribution in [0.4, 0.5) is 10.1 Å². The first-order chi connectivity index (χ1) is 10.8. The van der Waals surface area contributed by atoms with Gasteiger partial charge in [-0.2, -0.15) is 0 Å². The molecule has 0 atom stereocenters. The summed E-state index contributed by atoms with van der Waals surface area (Å²) in [4.78, 5) is 23.8. The van der Waals surface area contributed by atoms with Gasteiger partial charge < -0.3 is 14.5 Å². The Hall–Kier alpha value is -2.34. The summed E-state index contributed by atoms with van der Waals surface area (Å²) in [6.45, 7) is 4.65.